The first-order valence-corrected chi connectivity index (χ1v) is 6.70. The lowest BCUT2D eigenvalue weighted by Gasteiger charge is -2.26. The van der Waals surface area contributed by atoms with Gasteiger partial charge in [0.1, 0.15) is 17.0 Å². The van der Waals surface area contributed by atoms with E-state index in [9.17, 15) is 14.7 Å². The maximum Gasteiger partial charge on any atom is 0.329 e. The van der Waals surface area contributed by atoms with Gasteiger partial charge in [0.25, 0.3) is 5.91 Å². The van der Waals surface area contributed by atoms with Crippen LogP contribution in [0.1, 0.15) is 30.1 Å². The van der Waals surface area contributed by atoms with E-state index in [0.717, 1.165) is 12.8 Å². The molecular weight excluding hydrogens is 274 g/mol. The number of hydrogen-bond donors (Lipinski definition) is 2. The van der Waals surface area contributed by atoms with Gasteiger partial charge in [0.2, 0.25) is 0 Å². The highest BCUT2D eigenvalue weighted by molar-refractivity contribution is 6.00. The zero-order valence-corrected chi connectivity index (χ0v) is 12.3. The molecule has 0 aromatic heterocycles. The number of hydrogen-bond acceptors (Lipinski definition) is 4. The van der Waals surface area contributed by atoms with Gasteiger partial charge < -0.3 is 19.9 Å². The maximum atomic E-state index is 12.4. The van der Waals surface area contributed by atoms with E-state index in [1.165, 1.54) is 14.2 Å². The van der Waals surface area contributed by atoms with Crippen LogP contribution in [0.4, 0.5) is 0 Å². The molecule has 1 saturated carbocycles. The lowest BCUT2D eigenvalue weighted by atomic mass is 9.95. The second kappa shape index (κ2) is 5.63. The van der Waals surface area contributed by atoms with Gasteiger partial charge in [-0.2, -0.15) is 0 Å². The molecular formula is C15H19NO5. The molecule has 114 valence electrons. The zero-order valence-electron chi connectivity index (χ0n) is 12.3. The number of amides is 1. The van der Waals surface area contributed by atoms with Gasteiger partial charge in [-0.25, -0.2) is 4.79 Å². The summed E-state index contributed by atoms with van der Waals surface area (Å²) in [5.41, 5.74) is -0.964. The second-order valence-electron chi connectivity index (χ2n) is 5.30. The monoisotopic (exact) mass is 293 g/mol. The first-order chi connectivity index (χ1) is 9.92. The Morgan fingerprint density at radius 2 is 1.95 bits per heavy atom. The van der Waals surface area contributed by atoms with Crippen molar-refractivity contribution in [3.05, 3.63) is 23.8 Å². The Hall–Kier alpha value is -2.24. The van der Waals surface area contributed by atoms with E-state index in [0.29, 0.717) is 11.5 Å². The minimum atomic E-state index is -1.25. The summed E-state index contributed by atoms with van der Waals surface area (Å²) in [6, 6.07) is 4.78. The Balaban J connectivity index is 2.25. The van der Waals surface area contributed by atoms with Crippen LogP contribution in [0.15, 0.2) is 18.2 Å². The van der Waals surface area contributed by atoms with Crippen LogP contribution < -0.4 is 14.8 Å². The highest BCUT2D eigenvalue weighted by Crippen LogP contribution is 2.40. The highest BCUT2D eigenvalue weighted by Gasteiger charge is 2.48. The van der Waals surface area contributed by atoms with Gasteiger partial charge in [-0.3, -0.25) is 4.79 Å². The average molecular weight is 293 g/mol. The molecule has 0 spiro atoms. The highest BCUT2D eigenvalue weighted by atomic mass is 16.5. The van der Waals surface area contributed by atoms with E-state index in [-0.39, 0.29) is 11.5 Å². The fourth-order valence-corrected chi connectivity index (χ4v) is 2.28. The summed E-state index contributed by atoms with van der Waals surface area (Å²) in [6.07, 6.45) is 1.62. The third kappa shape index (κ3) is 2.94. The Kier molecular flexibility index (Phi) is 4.06. The van der Waals surface area contributed by atoms with Crippen LogP contribution in [0.25, 0.3) is 0 Å². The topological polar surface area (TPSA) is 84.9 Å². The third-order valence-corrected chi connectivity index (χ3v) is 3.86. The molecule has 1 aromatic carbocycles. The summed E-state index contributed by atoms with van der Waals surface area (Å²) >= 11 is 0. The number of carbonyl (C=O) groups is 2. The van der Waals surface area contributed by atoms with Crippen molar-refractivity contribution >= 4 is 11.9 Å². The molecule has 1 amide bonds. The van der Waals surface area contributed by atoms with E-state index in [4.69, 9.17) is 9.47 Å². The molecule has 1 atom stereocenters. The average Bonchev–Trinajstić information content (AvgIpc) is 3.30. The first-order valence-electron chi connectivity index (χ1n) is 6.70. The molecule has 0 bridgehead atoms. The van der Waals surface area contributed by atoms with Crippen molar-refractivity contribution in [3.63, 3.8) is 0 Å². The van der Waals surface area contributed by atoms with Crippen molar-refractivity contribution in [1.82, 2.24) is 5.32 Å². The van der Waals surface area contributed by atoms with Gasteiger partial charge in [-0.1, -0.05) is 0 Å². The fourth-order valence-electron chi connectivity index (χ4n) is 2.28. The van der Waals surface area contributed by atoms with Crippen LogP contribution in [-0.4, -0.2) is 36.7 Å². The van der Waals surface area contributed by atoms with Crippen LogP contribution >= 0.6 is 0 Å². The summed E-state index contributed by atoms with van der Waals surface area (Å²) in [5.74, 6) is -0.609. The number of nitrogens with one attached hydrogen (secondary N) is 1. The summed E-state index contributed by atoms with van der Waals surface area (Å²) in [5, 5.41) is 12.0. The summed E-state index contributed by atoms with van der Waals surface area (Å²) in [4.78, 5) is 23.8. The number of carboxylic acid groups (broad SMARTS) is 1. The molecule has 0 radical (unpaired) electrons. The number of rotatable bonds is 6. The van der Waals surface area contributed by atoms with E-state index >= 15 is 0 Å². The lowest BCUT2D eigenvalue weighted by molar-refractivity contribution is -0.144. The normalized spacial score (nSPS) is 16.7. The molecule has 6 nitrogen and oxygen atoms in total. The number of carbonyl (C=O) groups excluding carboxylic acids is 1. The van der Waals surface area contributed by atoms with Crippen molar-refractivity contribution in [2.75, 3.05) is 14.2 Å². The molecule has 0 saturated heterocycles. The second-order valence-corrected chi connectivity index (χ2v) is 5.30. The van der Waals surface area contributed by atoms with Gasteiger partial charge in [0.15, 0.2) is 0 Å². The van der Waals surface area contributed by atoms with Crippen molar-refractivity contribution in [2.24, 2.45) is 5.92 Å². The minimum absolute atomic E-state index is 0.0248. The van der Waals surface area contributed by atoms with E-state index in [1.54, 1.807) is 25.1 Å². The Morgan fingerprint density at radius 3 is 2.43 bits per heavy atom. The Morgan fingerprint density at radius 1 is 1.29 bits per heavy atom. The Bertz CT molecular complexity index is 567. The van der Waals surface area contributed by atoms with Gasteiger partial charge in [-0.05, 0) is 37.8 Å². The SMILES string of the molecule is COc1ccc(C(=O)N[C@@](C)(C(=O)O)C2CC2)c(OC)c1. The number of benzene rings is 1. The summed E-state index contributed by atoms with van der Waals surface area (Å²) < 4.78 is 10.2. The third-order valence-electron chi connectivity index (χ3n) is 3.86. The summed E-state index contributed by atoms with van der Waals surface area (Å²) in [7, 11) is 2.96. The molecule has 0 unspecified atom stereocenters. The lowest BCUT2D eigenvalue weighted by Crippen LogP contribution is -2.54. The van der Waals surface area contributed by atoms with Gasteiger partial charge >= 0.3 is 5.97 Å². The Labute approximate surface area is 123 Å². The predicted octanol–water partition coefficient (Wildman–Crippen LogP) is 1.69. The summed E-state index contributed by atoms with van der Waals surface area (Å²) in [6.45, 7) is 1.54. The quantitative estimate of drug-likeness (QED) is 0.833. The van der Waals surface area contributed by atoms with Gasteiger partial charge in [0, 0.05) is 6.07 Å². The molecule has 1 aliphatic carbocycles. The van der Waals surface area contributed by atoms with E-state index in [1.807, 2.05) is 0 Å². The zero-order chi connectivity index (χ0) is 15.6. The molecule has 2 rings (SSSR count). The van der Waals surface area contributed by atoms with Crippen LogP contribution in [0, 0.1) is 5.92 Å². The number of carboxylic acids is 1. The van der Waals surface area contributed by atoms with Crippen LogP contribution in [0.5, 0.6) is 11.5 Å². The van der Waals surface area contributed by atoms with Crippen molar-refractivity contribution in [3.8, 4) is 11.5 Å². The fraction of sp³-hybridized carbons (Fsp3) is 0.467. The molecule has 1 aromatic rings. The van der Waals surface area contributed by atoms with E-state index < -0.39 is 17.4 Å². The minimum Gasteiger partial charge on any atom is -0.497 e. The van der Waals surface area contributed by atoms with Crippen LogP contribution in [0.2, 0.25) is 0 Å². The molecule has 0 heterocycles. The van der Waals surface area contributed by atoms with Crippen LogP contribution in [0.3, 0.4) is 0 Å². The molecule has 6 heteroatoms. The smallest absolute Gasteiger partial charge is 0.329 e. The van der Waals surface area contributed by atoms with Gasteiger partial charge in [-0.15, -0.1) is 0 Å². The number of ether oxygens (including phenoxy) is 2. The van der Waals surface area contributed by atoms with Crippen molar-refractivity contribution in [1.29, 1.82) is 0 Å². The first kappa shape index (κ1) is 15.2. The molecule has 0 aliphatic heterocycles. The standard InChI is InChI=1S/C15H19NO5/c1-15(14(18)19,9-4-5-9)16-13(17)11-7-6-10(20-2)8-12(11)21-3/h6-9H,4-5H2,1-3H3,(H,16,17)(H,18,19)/t15-/m1/s1. The van der Waals surface area contributed by atoms with E-state index in [2.05, 4.69) is 5.32 Å². The van der Waals surface area contributed by atoms with Crippen molar-refractivity contribution < 1.29 is 24.2 Å². The predicted molar refractivity (Wildman–Crippen MR) is 75.8 cm³/mol. The largest absolute Gasteiger partial charge is 0.497 e. The van der Waals surface area contributed by atoms with Gasteiger partial charge in [0.05, 0.1) is 19.8 Å². The maximum absolute atomic E-state index is 12.4. The number of methoxy groups -OCH3 is 2. The van der Waals surface area contributed by atoms with Crippen molar-refractivity contribution in [2.45, 2.75) is 25.3 Å². The molecule has 21 heavy (non-hydrogen) atoms. The molecule has 1 fully saturated rings. The number of aliphatic carboxylic acids is 1. The molecule has 1 aliphatic rings. The molecule has 2 N–H and O–H groups in total. The van der Waals surface area contributed by atoms with Crippen LogP contribution in [-0.2, 0) is 4.79 Å².